The van der Waals surface area contributed by atoms with Gasteiger partial charge in [-0.05, 0) is 56.1 Å². The second-order valence-corrected chi connectivity index (χ2v) is 7.62. The van der Waals surface area contributed by atoms with Crippen LogP contribution in [0.4, 0.5) is 0 Å². The van der Waals surface area contributed by atoms with Gasteiger partial charge in [-0.3, -0.25) is 4.79 Å². The summed E-state index contributed by atoms with van der Waals surface area (Å²) >= 11 is 0. The van der Waals surface area contributed by atoms with Crippen LogP contribution in [-0.2, 0) is 6.54 Å². The average Bonchev–Trinajstić information content (AvgIpc) is 3.48. The minimum absolute atomic E-state index is 0.224. The number of ether oxygens (including phenoxy) is 1. The maximum atomic E-state index is 13.1. The molecule has 2 aromatic carbocycles. The maximum absolute atomic E-state index is 13.1. The molecule has 1 amide bonds. The van der Waals surface area contributed by atoms with Gasteiger partial charge in [0.25, 0.3) is 5.91 Å². The number of rotatable bonds is 9. The van der Waals surface area contributed by atoms with Gasteiger partial charge in [-0.25, -0.2) is 4.68 Å². The van der Waals surface area contributed by atoms with Crippen molar-refractivity contribution >= 4 is 5.91 Å². The lowest BCUT2D eigenvalue weighted by atomic mass is 10.2. The fourth-order valence-electron chi connectivity index (χ4n) is 3.22. The van der Waals surface area contributed by atoms with E-state index in [4.69, 9.17) is 9.15 Å². The molecule has 4 aromatic rings. The molecule has 7 heteroatoms. The predicted molar refractivity (Wildman–Crippen MR) is 123 cm³/mol. The van der Waals surface area contributed by atoms with Crippen molar-refractivity contribution in [2.24, 2.45) is 0 Å². The van der Waals surface area contributed by atoms with Crippen LogP contribution >= 0.6 is 0 Å². The van der Waals surface area contributed by atoms with Gasteiger partial charge in [0.1, 0.15) is 23.7 Å². The average molecular weight is 431 g/mol. The van der Waals surface area contributed by atoms with Crippen molar-refractivity contribution in [2.45, 2.75) is 6.54 Å². The van der Waals surface area contributed by atoms with Crippen LogP contribution in [0, 0.1) is 0 Å². The smallest absolute Gasteiger partial charge is 0.270 e. The minimum atomic E-state index is -0.224. The number of hydrogen-bond acceptors (Lipinski definition) is 5. The highest BCUT2D eigenvalue weighted by atomic mass is 16.5. The number of nitrogens with zero attached hydrogens (tertiary/aromatic N) is 3. The molecule has 1 N–H and O–H groups in total. The third-order valence-corrected chi connectivity index (χ3v) is 4.88. The highest BCUT2D eigenvalue weighted by molar-refractivity contribution is 5.94. The number of benzene rings is 2. The van der Waals surface area contributed by atoms with Crippen molar-refractivity contribution < 1.29 is 13.9 Å². The third-order valence-electron chi connectivity index (χ3n) is 4.88. The molecule has 32 heavy (non-hydrogen) atoms. The Kier molecular flexibility index (Phi) is 6.67. The summed E-state index contributed by atoms with van der Waals surface area (Å²) in [5.74, 6) is 1.17. The molecule has 0 aliphatic heterocycles. The van der Waals surface area contributed by atoms with Gasteiger partial charge in [0.05, 0.1) is 12.0 Å². The summed E-state index contributed by atoms with van der Waals surface area (Å²) in [6.45, 7) is 1.82. The minimum Gasteiger partial charge on any atom is -0.492 e. The van der Waals surface area contributed by atoms with Gasteiger partial charge < -0.3 is 19.4 Å². The van der Waals surface area contributed by atoms with E-state index in [-0.39, 0.29) is 5.91 Å². The van der Waals surface area contributed by atoms with E-state index in [1.165, 1.54) is 0 Å². The lowest BCUT2D eigenvalue weighted by Gasteiger charge is -2.12. The normalized spacial score (nSPS) is 11.0. The van der Waals surface area contributed by atoms with E-state index >= 15 is 0 Å². The van der Waals surface area contributed by atoms with E-state index in [0.717, 1.165) is 23.5 Å². The van der Waals surface area contributed by atoms with E-state index in [1.807, 2.05) is 74.8 Å². The molecule has 4 rings (SSSR count). The molecule has 0 saturated carbocycles. The van der Waals surface area contributed by atoms with Crippen molar-refractivity contribution in [1.29, 1.82) is 0 Å². The van der Waals surface area contributed by atoms with Crippen LogP contribution in [0.15, 0.2) is 83.5 Å². The Hall–Kier alpha value is -3.84. The molecule has 0 spiro atoms. The zero-order valence-corrected chi connectivity index (χ0v) is 18.2. The summed E-state index contributed by atoms with van der Waals surface area (Å²) in [6.07, 6.45) is 1.59. The molecule has 0 fully saturated rings. The first kappa shape index (κ1) is 21.4. The van der Waals surface area contributed by atoms with Gasteiger partial charge in [0, 0.05) is 19.2 Å². The topological polar surface area (TPSA) is 72.5 Å². The van der Waals surface area contributed by atoms with Crippen molar-refractivity contribution in [2.75, 3.05) is 27.2 Å². The molecule has 0 unspecified atom stereocenters. The van der Waals surface area contributed by atoms with Crippen LogP contribution in [0.2, 0.25) is 0 Å². The largest absolute Gasteiger partial charge is 0.492 e. The molecule has 0 aliphatic rings. The summed E-state index contributed by atoms with van der Waals surface area (Å²) in [5, 5.41) is 7.59. The number of carbonyl (C=O) groups is 1. The first-order valence-electron chi connectivity index (χ1n) is 10.4. The van der Waals surface area contributed by atoms with E-state index in [9.17, 15) is 4.79 Å². The third kappa shape index (κ3) is 5.25. The molecular formula is C25H26N4O3. The summed E-state index contributed by atoms with van der Waals surface area (Å²) in [7, 11) is 4.01. The van der Waals surface area contributed by atoms with Gasteiger partial charge in [-0.2, -0.15) is 5.10 Å². The summed E-state index contributed by atoms with van der Waals surface area (Å²) in [5.41, 5.74) is 2.78. The Labute approximate surface area is 187 Å². The van der Waals surface area contributed by atoms with Crippen LogP contribution in [0.25, 0.3) is 17.1 Å². The van der Waals surface area contributed by atoms with Crippen molar-refractivity contribution in [3.8, 4) is 22.9 Å². The van der Waals surface area contributed by atoms with E-state index < -0.39 is 0 Å². The fraction of sp³-hybridized carbons (Fsp3) is 0.200. The van der Waals surface area contributed by atoms with Crippen LogP contribution in [0.1, 0.15) is 16.1 Å². The summed E-state index contributed by atoms with van der Waals surface area (Å²) in [4.78, 5) is 15.2. The molecular weight excluding hydrogens is 404 g/mol. The highest BCUT2D eigenvalue weighted by Crippen LogP contribution is 2.22. The lowest BCUT2D eigenvalue weighted by molar-refractivity contribution is 0.0943. The Bertz CT molecular complexity index is 1150. The predicted octanol–water partition coefficient (Wildman–Crippen LogP) is 4.00. The van der Waals surface area contributed by atoms with Crippen molar-refractivity contribution in [1.82, 2.24) is 20.0 Å². The Balaban J connectivity index is 1.50. The quantitative estimate of drug-likeness (QED) is 0.435. The number of amides is 1. The monoisotopic (exact) mass is 430 g/mol. The summed E-state index contributed by atoms with van der Waals surface area (Å²) in [6, 6.07) is 22.7. The molecule has 0 atom stereocenters. The van der Waals surface area contributed by atoms with Gasteiger partial charge >= 0.3 is 0 Å². The van der Waals surface area contributed by atoms with E-state index in [2.05, 4.69) is 15.3 Å². The molecule has 0 aliphatic carbocycles. The fourth-order valence-corrected chi connectivity index (χ4v) is 3.22. The number of aromatic nitrogens is 2. The molecule has 2 heterocycles. The highest BCUT2D eigenvalue weighted by Gasteiger charge is 2.18. The second kappa shape index (κ2) is 9.98. The van der Waals surface area contributed by atoms with E-state index in [1.54, 1.807) is 23.1 Å². The van der Waals surface area contributed by atoms with Crippen LogP contribution in [0.5, 0.6) is 5.75 Å². The number of nitrogens with one attached hydrogen (secondary N) is 1. The van der Waals surface area contributed by atoms with Gasteiger partial charge in [0.15, 0.2) is 5.76 Å². The standard InChI is InChI=1S/C25H26N4O3/c1-28(2)13-15-31-21-11-6-8-19(16-21)18-26-25(30)23-17-22(24-12-7-14-32-24)27-29(23)20-9-4-3-5-10-20/h3-12,14,16-17H,13,15,18H2,1-2H3,(H,26,30). The number of likely N-dealkylation sites (N-methyl/N-ethyl adjacent to an activating group) is 1. The first-order chi connectivity index (χ1) is 15.6. The van der Waals surface area contributed by atoms with Crippen LogP contribution in [-0.4, -0.2) is 47.8 Å². The number of hydrogen-bond donors (Lipinski definition) is 1. The number of para-hydroxylation sites is 1. The zero-order valence-electron chi connectivity index (χ0n) is 18.2. The molecule has 0 saturated heterocycles. The maximum Gasteiger partial charge on any atom is 0.270 e. The lowest BCUT2D eigenvalue weighted by Crippen LogP contribution is -2.25. The SMILES string of the molecule is CN(C)CCOc1cccc(CNC(=O)c2cc(-c3ccco3)nn2-c2ccccc2)c1. The first-order valence-corrected chi connectivity index (χ1v) is 10.4. The second-order valence-electron chi connectivity index (χ2n) is 7.62. The molecule has 164 valence electrons. The van der Waals surface area contributed by atoms with Crippen molar-refractivity contribution in [3.05, 3.63) is 90.3 Å². The van der Waals surface area contributed by atoms with Crippen molar-refractivity contribution in [3.63, 3.8) is 0 Å². The van der Waals surface area contributed by atoms with E-state index in [0.29, 0.717) is 30.3 Å². The Morgan fingerprint density at radius 3 is 2.66 bits per heavy atom. The molecule has 2 aromatic heterocycles. The molecule has 0 radical (unpaired) electrons. The molecule has 7 nitrogen and oxygen atoms in total. The van der Waals surface area contributed by atoms with Crippen LogP contribution < -0.4 is 10.1 Å². The number of furan rings is 1. The van der Waals surface area contributed by atoms with Gasteiger partial charge in [-0.1, -0.05) is 30.3 Å². The Morgan fingerprint density at radius 1 is 1.06 bits per heavy atom. The van der Waals surface area contributed by atoms with Gasteiger partial charge in [-0.15, -0.1) is 0 Å². The zero-order chi connectivity index (χ0) is 22.3. The Morgan fingerprint density at radius 2 is 1.91 bits per heavy atom. The summed E-state index contributed by atoms with van der Waals surface area (Å²) < 4.78 is 12.9. The van der Waals surface area contributed by atoms with Crippen LogP contribution in [0.3, 0.4) is 0 Å². The number of carbonyl (C=O) groups excluding carboxylic acids is 1. The van der Waals surface area contributed by atoms with Gasteiger partial charge in [0.2, 0.25) is 0 Å². The molecule has 0 bridgehead atoms.